The van der Waals surface area contributed by atoms with E-state index in [1.165, 1.54) is 12.1 Å². The fourth-order valence-corrected chi connectivity index (χ4v) is 3.07. The molecule has 0 atom stereocenters. The van der Waals surface area contributed by atoms with Gasteiger partial charge in [0.2, 0.25) is 0 Å². The topological polar surface area (TPSA) is 93.1 Å². The third kappa shape index (κ3) is 3.14. The predicted octanol–water partition coefficient (Wildman–Crippen LogP) is 4.36. The Bertz CT molecular complexity index is 997. The molecular weight excluding hydrogens is 348 g/mol. The average molecular weight is 368 g/mol. The lowest BCUT2D eigenvalue weighted by molar-refractivity contribution is 0.0735. The lowest BCUT2D eigenvalue weighted by Crippen LogP contribution is -2.11. The van der Waals surface area contributed by atoms with E-state index in [2.05, 4.69) is 0 Å². The molecule has 2 aromatic rings. The van der Waals surface area contributed by atoms with E-state index in [1.54, 1.807) is 13.8 Å². The Kier molecular flexibility index (Phi) is 4.66. The van der Waals surface area contributed by atoms with Gasteiger partial charge < -0.3 is 19.7 Å². The van der Waals surface area contributed by atoms with Gasteiger partial charge in [-0.15, -0.1) is 0 Å². The van der Waals surface area contributed by atoms with Crippen LogP contribution in [0, 0.1) is 13.8 Å². The van der Waals surface area contributed by atoms with Gasteiger partial charge in [-0.3, -0.25) is 4.79 Å². The van der Waals surface area contributed by atoms with E-state index in [1.807, 2.05) is 19.9 Å². The van der Waals surface area contributed by atoms with Crippen molar-refractivity contribution in [1.29, 1.82) is 0 Å². The maximum atomic E-state index is 12.7. The molecule has 0 unspecified atom stereocenters. The van der Waals surface area contributed by atoms with Crippen molar-refractivity contribution in [3.05, 3.63) is 51.6 Å². The van der Waals surface area contributed by atoms with Gasteiger partial charge in [0.25, 0.3) is 0 Å². The van der Waals surface area contributed by atoms with Crippen LogP contribution < -0.4 is 9.47 Å². The summed E-state index contributed by atoms with van der Waals surface area (Å²) in [5.41, 5.74) is 2.61. The van der Waals surface area contributed by atoms with Crippen LogP contribution in [0.15, 0.2) is 23.8 Å². The van der Waals surface area contributed by atoms with E-state index in [-0.39, 0.29) is 39.9 Å². The molecule has 6 heteroatoms. The van der Waals surface area contributed by atoms with Crippen molar-refractivity contribution < 1.29 is 29.3 Å². The number of rotatable bonds is 3. The standard InChI is InChI=1S/C21H20O6/c1-10(2)5-6-13-12(4)19-17(8-16(13)24)26-20-14(9-22)15(23)7-11(3)18(20)21(25)27-19/h5,7-9,23-24H,6H2,1-4H3. The second-order valence-corrected chi connectivity index (χ2v) is 6.75. The van der Waals surface area contributed by atoms with Gasteiger partial charge in [0.05, 0.1) is 5.56 Å². The van der Waals surface area contributed by atoms with Crippen molar-refractivity contribution in [1.82, 2.24) is 0 Å². The van der Waals surface area contributed by atoms with Gasteiger partial charge in [0, 0.05) is 17.2 Å². The van der Waals surface area contributed by atoms with Crippen LogP contribution in [0.2, 0.25) is 0 Å². The van der Waals surface area contributed by atoms with Crippen LogP contribution in [-0.4, -0.2) is 22.5 Å². The molecule has 0 spiro atoms. The quantitative estimate of drug-likeness (QED) is 0.362. The molecule has 2 N–H and O–H groups in total. The molecule has 0 saturated heterocycles. The van der Waals surface area contributed by atoms with Crippen molar-refractivity contribution in [2.75, 3.05) is 0 Å². The minimum absolute atomic E-state index is 0.00669. The number of aldehydes is 1. The molecule has 0 amide bonds. The summed E-state index contributed by atoms with van der Waals surface area (Å²) in [5.74, 6) is -0.784. The van der Waals surface area contributed by atoms with Gasteiger partial charge >= 0.3 is 5.97 Å². The Labute approximate surface area is 156 Å². The molecule has 0 aromatic heterocycles. The Morgan fingerprint density at radius 1 is 1.07 bits per heavy atom. The number of phenols is 2. The Balaban J connectivity index is 2.23. The number of benzene rings is 2. The number of carbonyl (C=O) groups excluding carboxylic acids is 2. The zero-order valence-electron chi connectivity index (χ0n) is 15.5. The van der Waals surface area contributed by atoms with Gasteiger partial charge in [-0.25, -0.2) is 4.79 Å². The first-order valence-electron chi connectivity index (χ1n) is 8.45. The highest BCUT2D eigenvalue weighted by atomic mass is 16.6. The molecule has 27 heavy (non-hydrogen) atoms. The number of fused-ring (bicyclic) bond motifs is 2. The van der Waals surface area contributed by atoms with Crippen LogP contribution in [0.25, 0.3) is 0 Å². The second kappa shape index (κ2) is 6.79. The largest absolute Gasteiger partial charge is 0.508 e. The molecule has 3 rings (SSSR count). The van der Waals surface area contributed by atoms with Gasteiger partial charge in [-0.1, -0.05) is 11.6 Å². The van der Waals surface area contributed by atoms with E-state index >= 15 is 0 Å². The third-order valence-corrected chi connectivity index (χ3v) is 4.53. The molecule has 0 radical (unpaired) electrons. The highest BCUT2D eigenvalue weighted by Gasteiger charge is 2.31. The Morgan fingerprint density at radius 2 is 1.78 bits per heavy atom. The van der Waals surface area contributed by atoms with Gasteiger partial charge in [-0.2, -0.15) is 0 Å². The first-order chi connectivity index (χ1) is 12.7. The Hall–Kier alpha value is -3.28. The lowest BCUT2D eigenvalue weighted by Gasteiger charge is -2.15. The molecule has 0 fully saturated rings. The van der Waals surface area contributed by atoms with Gasteiger partial charge in [0.15, 0.2) is 23.5 Å². The molecule has 1 aliphatic heterocycles. The van der Waals surface area contributed by atoms with Crippen LogP contribution in [0.1, 0.15) is 51.3 Å². The molecule has 140 valence electrons. The number of hydrogen-bond donors (Lipinski definition) is 2. The number of aromatic hydroxyl groups is 2. The van der Waals surface area contributed by atoms with Crippen molar-refractivity contribution in [2.24, 2.45) is 0 Å². The summed E-state index contributed by atoms with van der Waals surface area (Å²) in [6.07, 6.45) is 2.84. The molecule has 1 heterocycles. The van der Waals surface area contributed by atoms with E-state index in [0.717, 1.165) is 5.57 Å². The van der Waals surface area contributed by atoms with Gasteiger partial charge in [-0.05, 0) is 45.7 Å². The zero-order chi connectivity index (χ0) is 19.9. The van der Waals surface area contributed by atoms with Crippen LogP contribution in [-0.2, 0) is 6.42 Å². The van der Waals surface area contributed by atoms with E-state index in [0.29, 0.717) is 29.4 Å². The minimum atomic E-state index is -0.689. The number of allylic oxidation sites excluding steroid dienone is 2. The predicted molar refractivity (Wildman–Crippen MR) is 99.2 cm³/mol. The molecule has 1 aliphatic rings. The number of hydrogen-bond acceptors (Lipinski definition) is 6. The average Bonchev–Trinajstić information content (AvgIpc) is 2.71. The van der Waals surface area contributed by atoms with Gasteiger partial charge in [0.1, 0.15) is 17.1 Å². The normalized spacial score (nSPS) is 12.2. The van der Waals surface area contributed by atoms with Crippen LogP contribution in [0.3, 0.4) is 0 Å². The van der Waals surface area contributed by atoms with Crippen molar-refractivity contribution in [2.45, 2.75) is 34.1 Å². The van der Waals surface area contributed by atoms with E-state index in [9.17, 15) is 19.8 Å². The van der Waals surface area contributed by atoms with E-state index in [4.69, 9.17) is 9.47 Å². The van der Waals surface area contributed by atoms with Crippen molar-refractivity contribution in [3.63, 3.8) is 0 Å². The first kappa shape index (κ1) is 18.5. The van der Waals surface area contributed by atoms with Crippen molar-refractivity contribution >= 4 is 12.3 Å². The molecule has 0 bridgehead atoms. The summed E-state index contributed by atoms with van der Waals surface area (Å²) in [4.78, 5) is 24.1. The maximum absolute atomic E-state index is 12.7. The van der Waals surface area contributed by atoms with Crippen molar-refractivity contribution in [3.8, 4) is 28.7 Å². The molecule has 0 saturated carbocycles. The molecule has 0 aliphatic carbocycles. The molecule has 6 nitrogen and oxygen atoms in total. The number of esters is 1. The zero-order valence-corrected chi connectivity index (χ0v) is 15.5. The lowest BCUT2D eigenvalue weighted by atomic mass is 10.0. The van der Waals surface area contributed by atoms with Crippen LogP contribution in [0.5, 0.6) is 28.7 Å². The summed E-state index contributed by atoms with van der Waals surface area (Å²) in [5, 5.41) is 20.5. The second-order valence-electron chi connectivity index (χ2n) is 6.75. The molecular formula is C21H20O6. The summed E-state index contributed by atoms with van der Waals surface area (Å²) in [7, 11) is 0. The number of aryl methyl sites for hydroxylation is 1. The highest BCUT2D eigenvalue weighted by Crippen LogP contribution is 2.47. The summed E-state index contributed by atoms with van der Waals surface area (Å²) >= 11 is 0. The minimum Gasteiger partial charge on any atom is -0.508 e. The number of carbonyl (C=O) groups is 2. The van der Waals surface area contributed by atoms with Crippen LogP contribution >= 0.6 is 0 Å². The number of phenolic OH excluding ortho intramolecular Hbond substituents is 2. The monoisotopic (exact) mass is 368 g/mol. The number of ether oxygens (including phenoxy) is 2. The van der Waals surface area contributed by atoms with Crippen LogP contribution in [0.4, 0.5) is 0 Å². The molecule has 2 aromatic carbocycles. The maximum Gasteiger partial charge on any atom is 0.347 e. The first-order valence-corrected chi connectivity index (χ1v) is 8.45. The Morgan fingerprint density at radius 3 is 2.41 bits per heavy atom. The summed E-state index contributed by atoms with van der Waals surface area (Å²) in [6.45, 7) is 7.24. The summed E-state index contributed by atoms with van der Waals surface area (Å²) in [6, 6.07) is 2.67. The SMILES string of the molecule is CC(C)=CCc1c(O)cc2c(c1C)OC(=O)c1c(C)cc(O)c(C=O)c1O2. The summed E-state index contributed by atoms with van der Waals surface area (Å²) < 4.78 is 11.3. The smallest absolute Gasteiger partial charge is 0.347 e. The fraction of sp³-hybridized carbons (Fsp3) is 0.238. The highest BCUT2D eigenvalue weighted by molar-refractivity contribution is 6.01. The third-order valence-electron chi connectivity index (χ3n) is 4.53. The van der Waals surface area contributed by atoms with E-state index < -0.39 is 5.97 Å². The fourth-order valence-electron chi connectivity index (χ4n) is 3.07.